The Hall–Kier alpha value is -1.16. The highest BCUT2D eigenvalue weighted by Crippen LogP contribution is 2.30. The van der Waals surface area contributed by atoms with Crippen LogP contribution in [0.3, 0.4) is 0 Å². The van der Waals surface area contributed by atoms with Crippen molar-refractivity contribution in [1.82, 2.24) is 15.3 Å². The van der Waals surface area contributed by atoms with Crippen LogP contribution in [0.2, 0.25) is 0 Å². The minimum Gasteiger partial charge on any atom is -0.460 e. The van der Waals surface area contributed by atoms with Gasteiger partial charge in [-0.05, 0) is 44.6 Å². The largest absolute Gasteiger partial charge is 0.460 e. The first-order chi connectivity index (χ1) is 9.58. The second-order valence-electron chi connectivity index (χ2n) is 6.20. The minimum atomic E-state index is 0.271. The van der Waals surface area contributed by atoms with Gasteiger partial charge in [0.2, 0.25) is 0 Å². The SMILES string of the molecule is CCNCc1cnc(OC2CC(C)CC(C)C2)nc1C. The van der Waals surface area contributed by atoms with E-state index in [9.17, 15) is 0 Å². The average molecular weight is 277 g/mol. The van der Waals surface area contributed by atoms with Crippen LogP contribution >= 0.6 is 0 Å². The third-order valence-corrected chi connectivity index (χ3v) is 4.03. The Kier molecular flexibility index (Phi) is 5.35. The normalized spacial score (nSPS) is 26.5. The third-order valence-electron chi connectivity index (χ3n) is 4.03. The summed E-state index contributed by atoms with van der Waals surface area (Å²) in [6.07, 6.45) is 5.70. The van der Waals surface area contributed by atoms with Crippen molar-refractivity contribution in [3.63, 3.8) is 0 Å². The summed E-state index contributed by atoms with van der Waals surface area (Å²) in [7, 11) is 0. The molecule has 1 aromatic rings. The molecule has 0 spiro atoms. The first-order valence-corrected chi connectivity index (χ1v) is 7.78. The van der Waals surface area contributed by atoms with E-state index >= 15 is 0 Å². The molecule has 1 fully saturated rings. The first-order valence-electron chi connectivity index (χ1n) is 7.78. The molecule has 1 aliphatic carbocycles. The monoisotopic (exact) mass is 277 g/mol. The highest BCUT2D eigenvalue weighted by atomic mass is 16.5. The summed E-state index contributed by atoms with van der Waals surface area (Å²) in [6, 6.07) is 0.536. The quantitative estimate of drug-likeness (QED) is 0.898. The zero-order valence-corrected chi connectivity index (χ0v) is 13.1. The predicted molar refractivity (Wildman–Crippen MR) is 80.7 cm³/mol. The lowest BCUT2D eigenvalue weighted by Gasteiger charge is -2.31. The maximum absolute atomic E-state index is 5.99. The molecule has 0 bridgehead atoms. The fourth-order valence-electron chi connectivity index (χ4n) is 3.08. The fraction of sp³-hybridized carbons (Fsp3) is 0.750. The van der Waals surface area contributed by atoms with E-state index in [1.54, 1.807) is 0 Å². The Bertz CT molecular complexity index is 426. The Morgan fingerprint density at radius 1 is 1.25 bits per heavy atom. The molecule has 0 radical (unpaired) electrons. The third kappa shape index (κ3) is 4.17. The standard InChI is InChI=1S/C16H27N3O/c1-5-17-9-14-10-18-16(19-13(14)4)20-15-7-11(2)6-12(3)8-15/h10-12,15,17H,5-9H2,1-4H3. The van der Waals surface area contributed by atoms with E-state index in [0.717, 1.165) is 49.0 Å². The number of nitrogens with one attached hydrogen (secondary N) is 1. The second-order valence-corrected chi connectivity index (χ2v) is 6.20. The van der Waals surface area contributed by atoms with E-state index in [0.29, 0.717) is 6.01 Å². The lowest BCUT2D eigenvalue weighted by atomic mass is 9.82. The molecule has 112 valence electrons. The molecule has 4 heteroatoms. The predicted octanol–water partition coefficient (Wildman–Crippen LogP) is 3.10. The number of nitrogens with zero attached hydrogens (tertiary/aromatic N) is 2. The van der Waals surface area contributed by atoms with E-state index in [1.165, 1.54) is 6.42 Å². The number of aryl methyl sites for hydroxylation is 1. The summed E-state index contributed by atoms with van der Waals surface area (Å²) < 4.78 is 5.99. The molecule has 1 heterocycles. The fourth-order valence-corrected chi connectivity index (χ4v) is 3.08. The van der Waals surface area contributed by atoms with Crippen molar-refractivity contribution in [1.29, 1.82) is 0 Å². The van der Waals surface area contributed by atoms with Crippen LogP contribution in [-0.2, 0) is 6.54 Å². The van der Waals surface area contributed by atoms with E-state index in [4.69, 9.17) is 4.74 Å². The van der Waals surface area contributed by atoms with Crippen molar-refractivity contribution in [2.75, 3.05) is 6.54 Å². The molecular weight excluding hydrogens is 250 g/mol. The highest BCUT2D eigenvalue weighted by Gasteiger charge is 2.25. The van der Waals surface area contributed by atoms with Gasteiger partial charge in [0.1, 0.15) is 6.10 Å². The van der Waals surface area contributed by atoms with Gasteiger partial charge in [-0.3, -0.25) is 0 Å². The van der Waals surface area contributed by atoms with Gasteiger partial charge in [0.25, 0.3) is 0 Å². The number of aromatic nitrogens is 2. The highest BCUT2D eigenvalue weighted by molar-refractivity contribution is 5.17. The summed E-state index contributed by atoms with van der Waals surface area (Å²) in [5.41, 5.74) is 2.15. The molecule has 1 aliphatic rings. The molecule has 0 saturated heterocycles. The zero-order valence-electron chi connectivity index (χ0n) is 13.1. The van der Waals surface area contributed by atoms with Crippen molar-refractivity contribution in [2.24, 2.45) is 11.8 Å². The summed E-state index contributed by atoms with van der Waals surface area (Å²) in [5, 5.41) is 3.30. The molecule has 0 aliphatic heterocycles. The van der Waals surface area contributed by atoms with Crippen molar-refractivity contribution in [3.8, 4) is 6.01 Å². The molecule has 0 amide bonds. The molecule has 0 aromatic carbocycles. The van der Waals surface area contributed by atoms with Crippen molar-refractivity contribution < 1.29 is 4.74 Å². The number of hydrogen-bond donors (Lipinski definition) is 1. The summed E-state index contributed by atoms with van der Waals surface area (Å²) in [4.78, 5) is 8.86. The van der Waals surface area contributed by atoms with Gasteiger partial charge in [0, 0.05) is 24.0 Å². The molecular formula is C16H27N3O. The number of rotatable bonds is 5. The van der Waals surface area contributed by atoms with Crippen LogP contribution in [0, 0.1) is 18.8 Å². The Morgan fingerprint density at radius 3 is 2.55 bits per heavy atom. The molecule has 2 unspecified atom stereocenters. The van der Waals surface area contributed by atoms with Crippen LogP contribution in [0.5, 0.6) is 6.01 Å². The Labute approximate surface area is 122 Å². The van der Waals surface area contributed by atoms with Gasteiger partial charge in [-0.2, -0.15) is 0 Å². The topological polar surface area (TPSA) is 47.0 Å². The van der Waals surface area contributed by atoms with Gasteiger partial charge in [-0.1, -0.05) is 20.8 Å². The van der Waals surface area contributed by atoms with Gasteiger partial charge in [-0.25, -0.2) is 9.97 Å². The second kappa shape index (κ2) is 7.02. The molecule has 1 N–H and O–H groups in total. The van der Waals surface area contributed by atoms with Crippen LogP contribution in [0.1, 0.15) is 51.3 Å². The van der Waals surface area contributed by atoms with E-state index < -0.39 is 0 Å². The molecule has 20 heavy (non-hydrogen) atoms. The zero-order chi connectivity index (χ0) is 14.5. The Balaban J connectivity index is 1.97. The summed E-state index contributed by atoms with van der Waals surface area (Å²) in [6.45, 7) is 10.5. The van der Waals surface area contributed by atoms with Gasteiger partial charge in [0.15, 0.2) is 0 Å². The van der Waals surface area contributed by atoms with E-state index in [2.05, 4.69) is 36.1 Å². The van der Waals surface area contributed by atoms with Gasteiger partial charge in [-0.15, -0.1) is 0 Å². The van der Waals surface area contributed by atoms with Crippen LogP contribution in [0.15, 0.2) is 6.20 Å². The van der Waals surface area contributed by atoms with Crippen molar-refractivity contribution >= 4 is 0 Å². The van der Waals surface area contributed by atoms with Crippen molar-refractivity contribution in [2.45, 2.75) is 59.6 Å². The van der Waals surface area contributed by atoms with Crippen LogP contribution in [-0.4, -0.2) is 22.6 Å². The van der Waals surface area contributed by atoms with Crippen LogP contribution in [0.4, 0.5) is 0 Å². The molecule has 1 aromatic heterocycles. The van der Waals surface area contributed by atoms with Gasteiger partial charge >= 0.3 is 6.01 Å². The molecule has 2 rings (SSSR count). The molecule has 2 atom stereocenters. The first kappa shape index (κ1) is 15.2. The summed E-state index contributed by atoms with van der Waals surface area (Å²) in [5.74, 6) is 1.47. The Morgan fingerprint density at radius 2 is 1.95 bits per heavy atom. The van der Waals surface area contributed by atoms with Gasteiger partial charge < -0.3 is 10.1 Å². The average Bonchev–Trinajstić information content (AvgIpc) is 2.36. The molecule has 4 nitrogen and oxygen atoms in total. The van der Waals surface area contributed by atoms with Crippen LogP contribution < -0.4 is 10.1 Å². The maximum Gasteiger partial charge on any atom is 0.316 e. The lowest BCUT2D eigenvalue weighted by Crippen LogP contribution is -2.29. The smallest absolute Gasteiger partial charge is 0.316 e. The minimum absolute atomic E-state index is 0.271. The van der Waals surface area contributed by atoms with E-state index in [1.807, 2.05) is 13.1 Å². The van der Waals surface area contributed by atoms with Gasteiger partial charge in [0.05, 0.1) is 0 Å². The lowest BCUT2D eigenvalue weighted by molar-refractivity contribution is 0.0917. The maximum atomic E-state index is 5.99. The molecule has 1 saturated carbocycles. The van der Waals surface area contributed by atoms with Crippen molar-refractivity contribution in [3.05, 3.63) is 17.5 Å². The summed E-state index contributed by atoms with van der Waals surface area (Å²) >= 11 is 0. The van der Waals surface area contributed by atoms with E-state index in [-0.39, 0.29) is 6.10 Å². The number of hydrogen-bond acceptors (Lipinski definition) is 4. The van der Waals surface area contributed by atoms with Crippen LogP contribution in [0.25, 0.3) is 0 Å². The number of ether oxygens (including phenoxy) is 1.